The van der Waals surface area contributed by atoms with Crippen molar-refractivity contribution in [2.75, 3.05) is 39.9 Å². The van der Waals surface area contributed by atoms with Crippen LogP contribution in [0.5, 0.6) is 0 Å². The lowest BCUT2D eigenvalue weighted by atomic mass is 9.86. The maximum Gasteiger partial charge on any atom is 0.0590 e. The Bertz CT molecular complexity index is 211. The zero-order chi connectivity index (χ0) is 13.9. The van der Waals surface area contributed by atoms with Crippen LogP contribution in [-0.4, -0.2) is 50.8 Å². The topological polar surface area (TPSA) is 24.5 Å². The van der Waals surface area contributed by atoms with Crippen molar-refractivity contribution in [3.8, 4) is 0 Å². The summed E-state index contributed by atoms with van der Waals surface area (Å²) < 4.78 is 5.54. The van der Waals surface area contributed by atoms with E-state index in [1.54, 1.807) is 0 Å². The summed E-state index contributed by atoms with van der Waals surface area (Å²) in [5.74, 6) is 0.918. The zero-order valence-corrected chi connectivity index (χ0v) is 13.3. The molecule has 1 saturated carbocycles. The number of nitrogens with zero attached hydrogens (tertiary/aromatic N) is 1. The molecule has 19 heavy (non-hydrogen) atoms. The molecule has 1 N–H and O–H groups in total. The van der Waals surface area contributed by atoms with E-state index in [1.165, 1.54) is 38.5 Å². The molecule has 0 radical (unpaired) electrons. The van der Waals surface area contributed by atoms with Gasteiger partial charge in [-0.3, -0.25) is 0 Å². The van der Waals surface area contributed by atoms with Crippen LogP contribution < -0.4 is 5.32 Å². The van der Waals surface area contributed by atoms with E-state index in [9.17, 15) is 0 Å². The van der Waals surface area contributed by atoms with Crippen LogP contribution in [0.2, 0.25) is 0 Å². The molecule has 3 heteroatoms. The fraction of sp³-hybridized carbons (Fsp3) is 1.00. The third-order valence-electron chi connectivity index (χ3n) is 4.24. The Morgan fingerprint density at radius 2 is 2.05 bits per heavy atom. The highest BCUT2D eigenvalue weighted by atomic mass is 16.5. The van der Waals surface area contributed by atoms with E-state index >= 15 is 0 Å². The van der Waals surface area contributed by atoms with Crippen molar-refractivity contribution in [1.29, 1.82) is 0 Å². The van der Waals surface area contributed by atoms with Crippen molar-refractivity contribution in [3.05, 3.63) is 0 Å². The molecule has 0 heterocycles. The lowest BCUT2D eigenvalue weighted by Crippen LogP contribution is -2.40. The lowest BCUT2D eigenvalue weighted by Gasteiger charge is -2.34. The van der Waals surface area contributed by atoms with Gasteiger partial charge in [0.1, 0.15) is 0 Å². The minimum absolute atomic E-state index is 0.811. The first kappa shape index (κ1) is 16.9. The molecular formula is C16H34N2O. The van der Waals surface area contributed by atoms with Gasteiger partial charge in [0.2, 0.25) is 0 Å². The highest BCUT2D eigenvalue weighted by Gasteiger charge is 2.21. The summed E-state index contributed by atoms with van der Waals surface area (Å²) in [6.45, 7) is 9.58. The molecule has 1 aliphatic carbocycles. The first-order valence-electron chi connectivity index (χ1n) is 8.22. The molecule has 1 fully saturated rings. The molecule has 2 unspecified atom stereocenters. The fourth-order valence-electron chi connectivity index (χ4n) is 2.86. The second kappa shape index (κ2) is 10.6. The van der Waals surface area contributed by atoms with Crippen molar-refractivity contribution in [3.63, 3.8) is 0 Å². The number of ether oxygens (including phenoxy) is 1. The Kier molecular flexibility index (Phi) is 9.48. The van der Waals surface area contributed by atoms with Crippen molar-refractivity contribution < 1.29 is 4.74 Å². The maximum atomic E-state index is 5.54. The highest BCUT2D eigenvalue weighted by molar-refractivity contribution is 4.77. The lowest BCUT2D eigenvalue weighted by molar-refractivity contribution is 0.130. The smallest absolute Gasteiger partial charge is 0.0590 e. The van der Waals surface area contributed by atoms with Gasteiger partial charge in [0.15, 0.2) is 0 Å². The van der Waals surface area contributed by atoms with E-state index in [1.807, 2.05) is 0 Å². The summed E-state index contributed by atoms with van der Waals surface area (Å²) in [5.41, 5.74) is 0. The van der Waals surface area contributed by atoms with E-state index < -0.39 is 0 Å². The predicted octanol–water partition coefficient (Wildman–Crippen LogP) is 2.90. The Morgan fingerprint density at radius 1 is 1.21 bits per heavy atom. The second-order valence-electron chi connectivity index (χ2n) is 6.12. The van der Waals surface area contributed by atoms with Gasteiger partial charge < -0.3 is 15.0 Å². The average Bonchev–Trinajstić information content (AvgIpc) is 2.41. The number of nitrogens with one attached hydrogen (secondary N) is 1. The zero-order valence-electron chi connectivity index (χ0n) is 13.3. The highest BCUT2D eigenvalue weighted by Crippen LogP contribution is 2.26. The molecule has 3 nitrogen and oxygen atoms in total. The van der Waals surface area contributed by atoms with Crippen molar-refractivity contribution in [2.45, 2.75) is 58.4 Å². The van der Waals surface area contributed by atoms with Crippen LogP contribution in [0.15, 0.2) is 0 Å². The maximum absolute atomic E-state index is 5.54. The molecule has 0 saturated heterocycles. The molecule has 0 spiro atoms. The van der Waals surface area contributed by atoms with Gasteiger partial charge in [-0.1, -0.05) is 33.1 Å². The summed E-state index contributed by atoms with van der Waals surface area (Å²) in [6, 6.07) is 0.811. The van der Waals surface area contributed by atoms with Gasteiger partial charge in [0.05, 0.1) is 6.61 Å². The van der Waals surface area contributed by atoms with Crippen LogP contribution in [-0.2, 0) is 4.74 Å². The minimum atomic E-state index is 0.811. The average molecular weight is 270 g/mol. The first-order valence-corrected chi connectivity index (χ1v) is 8.22. The van der Waals surface area contributed by atoms with Gasteiger partial charge in [-0.05, 0) is 32.2 Å². The summed E-state index contributed by atoms with van der Waals surface area (Å²) in [5, 5.41) is 3.48. The largest absolute Gasteiger partial charge is 0.380 e. The fourth-order valence-corrected chi connectivity index (χ4v) is 2.86. The molecular weight excluding hydrogens is 236 g/mol. The molecule has 0 amide bonds. The van der Waals surface area contributed by atoms with Gasteiger partial charge in [-0.25, -0.2) is 0 Å². The van der Waals surface area contributed by atoms with Gasteiger partial charge in [0.25, 0.3) is 0 Å². The van der Waals surface area contributed by atoms with E-state index in [-0.39, 0.29) is 0 Å². The van der Waals surface area contributed by atoms with Crippen LogP contribution in [0.4, 0.5) is 0 Å². The van der Waals surface area contributed by atoms with Crippen molar-refractivity contribution >= 4 is 0 Å². The third-order valence-corrected chi connectivity index (χ3v) is 4.24. The predicted molar refractivity (Wildman–Crippen MR) is 82.6 cm³/mol. The normalized spacial score (nSPS) is 24.0. The summed E-state index contributed by atoms with van der Waals surface area (Å²) in [4.78, 5) is 2.54. The van der Waals surface area contributed by atoms with E-state index in [2.05, 4.69) is 31.1 Å². The number of unbranched alkanes of at least 4 members (excludes halogenated alkanes) is 1. The van der Waals surface area contributed by atoms with E-state index in [0.29, 0.717) is 0 Å². The van der Waals surface area contributed by atoms with Gasteiger partial charge in [-0.15, -0.1) is 0 Å². The Labute approximate surface area is 120 Å². The number of hydrogen-bond acceptors (Lipinski definition) is 3. The molecule has 0 aliphatic heterocycles. The molecule has 0 aromatic rings. The summed E-state index contributed by atoms with van der Waals surface area (Å²) in [6.07, 6.45) is 8.02. The number of likely N-dealkylation sites (N-methyl/N-ethyl adjacent to an activating group) is 1. The molecule has 0 aromatic carbocycles. The second-order valence-corrected chi connectivity index (χ2v) is 6.12. The molecule has 0 aromatic heterocycles. The first-order chi connectivity index (χ1) is 9.24. The number of hydrogen-bond donors (Lipinski definition) is 1. The molecule has 1 rings (SSSR count). The molecule has 0 bridgehead atoms. The minimum Gasteiger partial charge on any atom is -0.380 e. The van der Waals surface area contributed by atoms with Crippen LogP contribution >= 0.6 is 0 Å². The standard InChI is InChI=1S/C16H34N2O/c1-4-5-12-19-13-10-17-9-11-18(3)16-8-6-7-15(2)14-16/h15-17H,4-14H2,1-3H3. The summed E-state index contributed by atoms with van der Waals surface area (Å²) >= 11 is 0. The van der Waals surface area contributed by atoms with Crippen LogP contribution in [0, 0.1) is 5.92 Å². The Balaban J connectivity index is 1.93. The third kappa shape index (κ3) is 7.91. The van der Waals surface area contributed by atoms with Crippen LogP contribution in [0.3, 0.4) is 0 Å². The van der Waals surface area contributed by atoms with Crippen LogP contribution in [0.25, 0.3) is 0 Å². The molecule has 114 valence electrons. The SMILES string of the molecule is CCCCOCCNCCN(C)C1CCCC(C)C1. The van der Waals surface area contributed by atoms with Crippen molar-refractivity contribution in [2.24, 2.45) is 5.92 Å². The van der Waals surface area contributed by atoms with Gasteiger partial charge in [0, 0.05) is 32.3 Å². The Morgan fingerprint density at radius 3 is 2.79 bits per heavy atom. The summed E-state index contributed by atoms with van der Waals surface area (Å²) in [7, 11) is 2.28. The van der Waals surface area contributed by atoms with E-state index in [0.717, 1.165) is 44.8 Å². The van der Waals surface area contributed by atoms with Gasteiger partial charge in [-0.2, -0.15) is 0 Å². The molecule has 1 aliphatic rings. The van der Waals surface area contributed by atoms with Gasteiger partial charge >= 0.3 is 0 Å². The number of rotatable bonds is 10. The monoisotopic (exact) mass is 270 g/mol. The van der Waals surface area contributed by atoms with E-state index in [4.69, 9.17) is 4.74 Å². The Hall–Kier alpha value is -0.120. The quantitative estimate of drug-likeness (QED) is 0.618. The van der Waals surface area contributed by atoms with Crippen molar-refractivity contribution in [1.82, 2.24) is 10.2 Å². The molecule has 2 atom stereocenters. The van der Waals surface area contributed by atoms with Crippen LogP contribution in [0.1, 0.15) is 52.4 Å².